The van der Waals surface area contributed by atoms with Crippen molar-refractivity contribution < 1.29 is 28.2 Å². The molecule has 11 heteroatoms. The highest BCUT2D eigenvalue weighted by Gasteiger charge is 2.38. The number of unbranched alkanes of at least 4 members (excludes halogenated alkanes) is 1. The molecule has 64 heavy (non-hydrogen) atoms. The number of rotatable bonds is 21. The number of carbonyl (C=O) groups is 3. The molecule has 0 radical (unpaired) electrons. The van der Waals surface area contributed by atoms with Gasteiger partial charge >= 0.3 is 0 Å². The Labute approximate surface area is 379 Å². The Morgan fingerprint density at radius 2 is 1.55 bits per heavy atom. The number of hydrogen-bond acceptors (Lipinski definition) is 6. The van der Waals surface area contributed by atoms with E-state index in [0.717, 1.165) is 95.2 Å². The summed E-state index contributed by atoms with van der Waals surface area (Å²) >= 11 is 0. The molecule has 3 aliphatic heterocycles. The van der Waals surface area contributed by atoms with Crippen molar-refractivity contribution in [1.29, 1.82) is 0 Å². The van der Waals surface area contributed by atoms with Crippen molar-refractivity contribution in [1.82, 2.24) is 25.0 Å². The number of ether oxygens (including phenoxy) is 2. The van der Waals surface area contributed by atoms with Crippen LogP contribution in [-0.4, -0.2) is 103 Å². The van der Waals surface area contributed by atoms with Crippen molar-refractivity contribution in [3.8, 4) is 5.75 Å². The molecule has 3 amide bonds. The second kappa shape index (κ2) is 24.5. The van der Waals surface area contributed by atoms with E-state index in [0.29, 0.717) is 55.1 Å². The highest BCUT2D eigenvalue weighted by atomic mass is 19.1. The molecular formula is C53H68FN5O5. The van der Waals surface area contributed by atoms with Crippen LogP contribution < -0.4 is 10.1 Å². The molecule has 3 aliphatic rings. The highest BCUT2D eigenvalue weighted by molar-refractivity contribution is 6.21. The minimum absolute atomic E-state index is 0.0839. The average Bonchev–Trinajstić information content (AvgIpc) is 3.90. The lowest BCUT2D eigenvalue weighted by atomic mass is 9.81. The minimum atomic E-state index is -0.619. The van der Waals surface area contributed by atoms with Crippen molar-refractivity contribution in [2.75, 3.05) is 59.1 Å². The fraction of sp³-hybridized carbons (Fsp3) is 0.453. The first-order chi connectivity index (χ1) is 31.1. The summed E-state index contributed by atoms with van der Waals surface area (Å²) in [6.45, 7) is 12.4. The minimum Gasteiger partial charge on any atom is -0.494 e. The molecule has 1 atom stereocenters. The predicted octanol–water partition coefficient (Wildman–Crippen LogP) is 9.82. The fourth-order valence-electron chi connectivity index (χ4n) is 8.58. The molecule has 0 bridgehead atoms. The van der Waals surface area contributed by atoms with E-state index in [4.69, 9.17) is 9.47 Å². The number of nitrogens with one attached hydrogen (secondary N) is 2. The Hall–Kier alpha value is -5.52. The number of amides is 3. The Morgan fingerprint density at radius 1 is 0.875 bits per heavy atom. The van der Waals surface area contributed by atoms with Gasteiger partial charge in [0.1, 0.15) is 11.6 Å². The van der Waals surface area contributed by atoms with Crippen LogP contribution in [0, 0.1) is 5.82 Å². The van der Waals surface area contributed by atoms with Crippen LogP contribution in [0.3, 0.4) is 0 Å². The summed E-state index contributed by atoms with van der Waals surface area (Å²) in [4.78, 5) is 51.0. The van der Waals surface area contributed by atoms with Crippen LogP contribution in [0.4, 0.5) is 4.39 Å². The Bertz CT molecular complexity index is 2190. The molecule has 1 aromatic heterocycles. The van der Waals surface area contributed by atoms with E-state index in [-0.39, 0.29) is 41.7 Å². The molecule has 0 unspecified atom stereocenters. The molecule has 0 saturated carbocycles. The normalized spacial score (nSPS) is 18.2. The Morgan fingerprint density at radius 3 is 2.23 bits per heavy atom. The van der Waals surface area contributed by atoms with Crippen LogP contribution in [0.25, 0.3) is 16.5 Å². The van der Waals surface area contributed by atoms with Crippen LogP contribution >= 0.6 is 0 Å². The fourth-order valence-corrected chi connectivity index (χ4v) is 8.58. The van der Waals surface area contributed by atoms with E-state index in [1.165, 1.54) is 12.1 Å². The number of morpholine rings is 1. The third-order valence-corrected chi connectivity index (χ3v) is 12.0. The van der Waals surface area contributed by atoms with Crippen LogP contribution in [0.5, 0.6) is 5.75 Å². The standard InChI is InChI=1S/C53H68FN5O5/c1-4-5-6-7-8-9-10-11-12-13-14-15-16-17-18-19-20-22-48(60)58-31-29-43(38-58)55-51(61)46-39-59(40-53(2,3)49-45-28-25-42(54)37-47(45)56-50(46)49)52(62)41-23-26-44(27-24-41)64-34-21-30-57-32-35-63-36-33-57/h5-6,8-9,11-12,14-15,17-18,23-28,37,39,43,56H,4,7,10,13,16,19-22,29-36,38,40H2,1-3H3,(H,55,61)/b6-5-,9-8-,12-11-,15-14-,18-17-/t43-/m1/s1. The van der Waals surface area contributed by atoms with E-state index in [9.17, 15) is 18.8 Å². The molecule has 0 spiro atoms. The van der Waals surface area contributed by atoms with Gasteiger partial charge in [-0.1, -0.05) is 81.5 Å². The molecular weight excluding hydrogens is 806 g/mol. The molecule has 2 N–H and O–H groups in total. The number of H-pyrrole nitrogens is 1. The SMILES string of the molecule is CC/C=C\C/C=C\C/C=C\C/C=C\C/C=C\CCCC(=O)N1CC[C@@H](NC(=O)C2=CN(C(=O)c3ccc(OCCCN4CCOCC4)cc3)CC(C)(C)c3c2[nH]c2cc(F)ccc32)C1. The van der Waals surface area contributed by atoms with Gasteiger partial charge in [-0.25, -0.2) is 4.39 Å². The lowest BCUT2D eigenvalue weighted by Crippen LogP contribution is -2.39. The molecule has 4 heterocycles. The monoisotopic (exact) mass is 874 g/mol. The zero-order chi connectivity index (χ0) is 45.2. The van der Waals surface area contributed by atoms with Crippen LogP contribution in [0.2, 0.25) is 0 Å². The number of aromatic amines is 1. The highest BCUT2D eigenvalue weighted by Crippen LogP contribution is 2.40. The maximum atomic E-state index is 14.5. The number of allylic oxidation sites excluding steroid dienone is 10. The molecule has 0 aliphatic carbocycles. The van der Waals surface area contributed by atoms with E-state index >= 15 is 0 Å². The van der Waals surface area contributed by atoms with Crippen molar-refractivity contribution >= 4 is 34.2 Å². The number of fused-ring (bicyclic) bond motifs is 3. The van der Waals surface area contributed by atoms with Gasteiger partial charge in [0.25, 0.3) is 11.8 Å². The van der Waals surface area contributed by atoms with E-state index in [2.05, 4.69) is 82.9 Å². The van der Waals surface area contributed by atoms with E-state index in [1.54, 1.807) is 29.3 Å². The first-order valence-corrected chi connectivity index (χ1v) is 23.3. The van der Waals surface area contributed by atoms with Gasteiger partial charge in [-0.2, -0.15) is 0 Å². The number of carbonyl (C=O) groups excluding carboxylic acids is 3. The largest absolute Gasteiger partial charge is 0.494 e. The lowest BCUT2D eigenvalue weighted by molar-refractivity contribution is -0.130. The second-order valence-corrected chi connectivity index (χ2v) is 17.5. The van der Waals surface area contributed by atoms with Gasteiger partial charge in [0.05, 0.1) is 31.1 Å². The number of likely N-dealkylation sites (tertiary alicyclic amines) is 1. The predicted molar refractivity (Wildman–Crippen MR) is 256 cm³/mol. The molecule has 6 rings (SSSR count). The summed E-state index contributed by atoms with van der Waals surface area (Å²) in [5, 5.41) is 3.97. The van der Waals surface area contributed by atoms with Crippen LogP contribution in [0.1, 0.15) is 107 Å². The van der Waals surface area contributed by atoms with Crippen molar-refractivity contribution in [2.24, 2.45) is 0 Å². The zero-order valence-corrected chi connectivity index (χ0v) is 38.2. The summed E-state index contributed by atoms with van der Waals surface area (Å²) in [6.07, 6.45) is 31.8. The number of hydrogen-bond donors (Lipinski definition) is 2. The molecule has 2 saturated heterocycles. The average molecular weight is 874 g/mol. The Balaban J connectivity index is 1.01. The Kier molecular flexibility index (Phi) is 18.4. The van der Waals surface area contributed by atoms with Gasteiger partial charge < -0.3 is 29.6 Å². The van der Waals surface area contributed by atoms with Gasteiger partial charge in [-0.3, -0.25) is 19.3 Å². The van der Waals surface area contributed by atoms with Crippen LogP contribution in [0.15, 0.2) is 109 Å². The van der Waals surface area contributed by atoms with Gasteiger partial charge in [0.2, 0.25) is 5.91 Å². The molecule has 10 nitrogen and oxygen atoms in total. The third kappa shape index (κ3) is 14.0. The third-order valence-electron chi connectivity index (χ3n) is 12.0. The second-order valence-electron chi connectivity index (χ2n) is 17.5. The number of aromatic nitrogens is 1. The van der Waals surface area contributed by atoms with Crippen LogP contribution in [-0.2, 0) is 19.7 Å². The summed E-state index contributed by atoms with van der Waals surface area (Å²) in [5.74, 6) is -0.220. The number of halogens is 1. The lowest BCUT2D eigenvalue weighted by Gasteiger charge is -2.29. The number of benzene rings is 2. The quantitative estimate of drug-likeness (QED) is 0.0816. The van der Waals surface area contributed by atoms with Gasteiger partial charge in [0, 0.05) is 79.8 Å². The first-order valence-electron chi connectivity index (χ1n) is 23.3. The van der Waals surface area contributed by atoms with Gasteiger partial charge in [0.15, 0.2) is 0 Å². The summed E-state index contributed by atoms with van der Waals surface area (Å²) in [5.41, 5.74) is 2.12. The summed E-state index contributed by atoms with van der Waals surface area (Å²) < 4.78 is 25.9. The van der Waals surface area contributed by atoms with E-state index in [1.807, 2.05) is 30.9 Å². The first kappa shape index (κ1) is 47.9. The molecule has 342 valence electrons. The molecule has 2 fully saturated rings. The number of nitrogens with zero attached hydrogens (tertiary/aromatic N) is 3. The van der Waals surface area contributed by atoms with Crippen molar-refractivity contribution in [2.45, 2.75) is 96.4 Å². The molecule has 3 aromatic rings. The zero-order valence-electron chi connectivity index (χ0n) is 38.2. The molecule has 2 aromatic carbocycles. The van der Waals surface area contributed by atoms with Crippen molar-refractivity contribution in [3.05, 3.63) is 132 Å². The smallest absolute Gasteiger partial charge is 0.257 e. The maximum absolute atomic E-state index is 14.5. The topological polar surface area (TPSA) is 107 Å². The van der Waals surface area contributed by atoms with Gasteiger partial charge in [-0.15, -0.1) is 0 Å². The summed E-state index contributed by atoms with van der Waals surface area (Å²) in [6, 6.07) is 11.5. The maximum Gasteiger partial charge on any atom is 0.257 e. The van der Waals surface area contributed by atoms with Gasteiger partial charge in [-0.05, 0) is 106 Å². The van der Waals surface area contributed by atoms with E-state index < -0.39 is 5.41 Å². The summed E-state index contributed by atoms with van der Waals surface area (Å²) in [7, 11) is 0. The van der Waals surface area contributed by atoms with Crippen molar-refractivity contribution in [3.63, 3.8) is 0 Å².